The summed E-state index contributed by atoms with van der Waals surface area (Å²) in [5.41, 5.74) is 1.41. The minimum Gasteiger partial charge on any atom is -0.490 e. The van der Waals surface area contributed by atoms with Crippen molar-refractivity contribution in [1.82, 2.24) is 4.90 Å². The first-order valence-corrected chi connectivity index (χ1v) is 12.3. The van der Waals surface area contributed by atoms with Gasteiger partial charge in [0.05, 0.1) is 12.7 Å². The van der Waals surface area contributed by atoms with Gasteiger partial charge >= 0.3 is 5.97 Å². The van der Waals surface area contributed by atoms with Crippen molar-refractivity contribution in [2.24, 2.45) is 0 Å². The van der Waals surface area contributed by atoms with E-state index in [1.54, 1.807) is 19.2 Å². The third kappa shape index (κ3) is 5.51. The van der Waals surface area contributed by atoms with Crippen LogP contribution in [0.5, 0.6) is 5.75 Å². The fraction of sp³-hybridized carbons (Fsp3) is 0.500. The summed E-state index contributed by atoms with van der Waals surface area (Å²) in [6, 6.07) is 8.68. The summed E-state index contributed by atoms with van der Waals surface area (Å²) in [5.74, 6) is -0.554. The quantitative estimate of drug-likeness (QED) is 0.384. The van der Waals surface area contributed by atoms with E-state index >= 15 is 0 Å². The molecule has 1 aliphatic carbocycles. The number of nitrogens with zero attached hydrogens (tertiary/aromatic N) is 1. The Bertz CT molecular complexity index is 1030. The van der Waals surface area contributed by atoms with E-state index in [1.165, 1.54) is 13.2 Å². The molecule has 0 spiro atoms. The highest BCUT2D eigenvalue weighted by Crippen LogP contribution is 2.45. The van der Waals surface area contributed by atoms with Gasteiger partial charge in [-0.15, -0.1) is 0 Å². The van der Waals surface area contributed by atoms with Gasteiger partial charge in [0.25, 0.3) is 0 Å². The van der Waals surface area contributed by atoms with Gasteiger partial charge in [-0.25, -0.2) is 9.18 Å². The molecule has 1 saturated carbocycles. The SMILES string of the molecule is COC(=O)c1cc(C2CC2)c(OCC2(OC)CCN(C(C)c3cc(Cl)cc(Cl)c3)CC2)cc1F. The molecule has 1 aliphatic heterocycles. The summed E-state index contributed by atoms with van der Waals surface area (Å²) in [6.45, 7) is 4.08. The zero-order valence-corrected chi connectivity index (χ0v) is 21.2. The molecule has 1 unspecified atom stereocenters. The number of hydrogen-bond acceptors (Lipinski definition) is 5. The van der Waals surface area contributed by atoms with E-state index in [0.717, 1.165) is 49.9 Å². The highest BCUT2D eigenvalue weighted by molar-refractivity contribution is 6.34. The van der Waals surface area contributed by atoms with Gasteiger partial charge in [0.2, 0.25) is 0 Å². The molecule has 0 N–H and O–H groups in total. The van der Waals surface area contributed by atoms with Crippen LogP contribution in [0.2, 0.25) is 10.0 Å². The van der Waals surface area contributed by atoms with E-state index in [2.05, 4.69) is 11.8 Å². The molecule has 0 radical (unpaired) electrons. The van der Waals surface area contributed by atoms with E-state index in [9.17, 15) is 9.18 Å². The lowest BCUT2D eigenvalue weighted by Crippen LogP contribution is -2.49. The van der Waals surface area contributed by atoms with Crippen molar-refractivity contribution in [1.29, 1.82) is 0 Å². The molecule has 1 heterocycles. The molecule has 1 saturated heterocycles. The molecule has 0 aromatic heterocycles. The summed E-state index contributed by atoms with van der Waals surface area (Å²) < 4.78 is 31.4. The summed E-state index contributed by atoms with van der Waals surface area (Å²) in [7, 11) is 2.95. The largest absolute Gasteiger partial charge is 0.490 e. The number of hydrogen-bond donors (Lipinski definition) is 0. The molecule has 184 valence electrons. The van der Waals surface area contributed by atoms with Gasteiger partial charge in [-0.1, -0.05) is 23.2 Å². The number of halogens is 3. The van der Waals surface area contributed by atoms with Crippen LogP contribution in [0.15, 0.2) is 30.3 Å². The molecule has 2 aromatic carbocycles. The zero-order chi connectivity index (χ0) is 24.5. The van der Waals surface area contributed by atoms with Crippen LogP contribution in [-0.4, -0.2) is 50.4 Å². The number of esters is 1. The van der Waals surface area contributed by atoms with E-state index in [4.69, 9.17) is 37.4 Å². The Hall–Kier alpha value is -1.86. The molecule has 2 fully saturated rings. The van der Waals surface area contributed by atoms with Crippen molar-refractivity contribution >= 4 is 29.2 Å². The smallest absolute Gasteiger partial charge is 0.340 e. The maximum Gasteiger partial charge on any atom is 0.340 e. The summed E-state index contributed by atoms with van der Waals surface area (Å²) >= 11 is 12.4. The number of rotatable bonds is 8. The van der Waals surface area contributed by atoms with Gasteiger partial charge in [0.1, 0.15) is 23.8 Å². The topological polar surface area (TPSA) is 48.0 Å². The molecule has 34 heavy (non-hydrogen) atoms. The third-order valence-electron chi connectivity index (χ3n) is 7.07. The van der Waals surface area contributed by atoms with Crippen LogP contribution in [0.4, 0.5) is 4.39 Å². The fourth-order valence-corrected chi connectivity index (χ4v) is 5.18. The molecule has 4 rings (SSSR count). The lowest BCUT2D eigenvalue weighted by molar-refractivity contribution is -0.0877. The number of methoxy groups -OCH3 is 2. The van der Waals surface area contributed by atoms with E-state index in [1.807, 2.05) is 12.1 Å². The second-order valence-corrected chi connectivity index (χ2v) is 10.1. The van der Waals surface area contributed by atoms with E-state index < -0.39 is 17.4 Å². The molecule has 5 nitrogen and oxygen atoms in total. The van der Waals surface area contributed by atoms with E-state index in [0.29, 0.717) is 22.4 Å². The average Bonchev–Trinajstić information content (AvgIpc) is 3.67. The third-order valence-corrected chi connectivity index (χ3v) is 7.51. The van der Waals surface area contributed by atoms with Crippen LogP contribution in [0.3, 0.4) is 0 Å². The normalized spacial score (nSPS) is 19.0. The van der Waals surface area contributed by atoms with Crippen molar-refractivity contribution < 1.29 is 23.4 Å². The van der Waals surface area contributed by atoms with Gasteiger partial charge in [-0.2, -0.15) is 0 Å². The van der Waals surface area contributed by atoms with Gasteiger partial charge in [-0.05, 0) is 73.9 Å². The van der Waals surface area contributed by atoms with Crippen LogP contribution in [0.25, 0.3) is 0 Å². The Morgan fingerprint density at radius 3 is 2.32 bits per heavy atom. The Balaban J connectivity index is 1.44. The van der Waals surface area contributed by atoms with Crippen LogP contribution in [-0.2, 0) is 9.47 Å². The Labute approximate surface area is 210 Å². The Kier molecular flexibility index (Phi) is 7.72. The van der Waals surface area contributed by atoms with Crippen LogP contribution in [0, 0.1) is 5.82 Å². The second-order valence-electron chi connectivity index (χ2n) is 9.23. The predicted octanol–water partition coefficient (Wildman–Crippen LogP) is 6.42. The number of likely N-dealkylation sites (tertiary alicyclic amines) is 1. The molecular formula is C26H30Cl2FNO4. The molecule has 2 aromatic rings. The Morgan fingerprint density at radius 2 is 1.76 bits per heavy atom. The minimum atomic E-state index is -0.679. The van der Waals surface area contributed by atoms with Crippen molar-refractivity contribution in [3.63, 3.8) is 0 Å². The molecular weight excluding hydrogens is 480 g/mol. The number of piperidine rings is 1. The first kappa shape index (κ1) is 25.2. The molecule has 2 aliphatic rings. The second kappa shape index (κ2) is 10.4. The standard InChI is InChI=1S/C26H30Cl2FNO4/c1-16(18-10-19(27)12-20(28)11-18)30-8-6-26(33-3,7-9-30)15-34-24-14-23(29)22(25(31)32-2)13-21(24)17-4-5-17/h10-14,16-17H,4-9,15H2,1-3H3. The van der Waals surface area contributed by atoms with Gasteiger partial charge in [-0.3, -0.25) is 4.90 Å². The average molecular weight is 510 g/mol. The Morgan fingerprint density at radius 1 is 1.12 bits per heavy atom. The minimum absolute atomic E-state index is 0.0541. The summed E-state index contributed by atoms with van der Waals surface area (Å²) in [4.78, 5) is 14.3. The van der Waals surface area contributed by atoms with Crippen LogP contribution in [0.1, 0.15) is 66.1 Å². The number of carbonyl (C=O) groups excluding carboxylic acids is 1. The first-order chi connectivity index (χ1) is 16.2. The van der Waals surface area contributed by atoms with Crippen molar-refractivity contribution in [3.05, 3.63) is 62.9 Å². The number of ether oxygens (including phenoxy) is 3. The molecule has 0 amide bonds. The van der Waals surface area contributed by atoms with Crippen LogP contribution < -0.4 is 4.74 Å². The van der Waals surface area contributed by atoms with Gasteiger partial charge < -0.3 is 14.2 Å². The molecule has 1 atom stereocenters. The zero-order valence-electron chi connectivity index (χ0n) is 19.7. The maximum absolute atomic E-state index is 14.6. The number of carbonyl (C=O) groups is 1. The predicted molar refractivity (Wildman–Crippen MR) is 131 cm³/mol. The van der Waals surface area contributed by atoms with Crippen molar-refractivity contribution in [2.75, 3.05) is 33.9 Å². The number of benzene rings is 2. The molecule has 8 heteroatoms. The fourth-order valence-electron chi connectivity index (χ4n) is 4.64. The van der Waals surface area contributed by atoms with Crippen LogP contribution >= 0.6 is 23.2 Å². The highest BCUT2D eigenvalue weighted by atomic mass is 35.5. The van der Waals surface area contributed by atoms with Gasteiger partial charge in [0, 0.05) is 42.4 Å². The lowest BCUT2D eigenvalue weighted by atomic mass is 9.90. The monoisotopic (exact) mass is 509 g/mol. The highest BCUT2D eigenvalue weighted by Gasteiger charge is 2.38. The summed E-state index contributed by atoms with van der Waals surface area (Å²) in [5, 5.41) is 1.26. The lowest BCUT2D eigenvalue weighted by Gasteiger charge is -2.42. The summed E-state index contributed by atoms with van der Waals surface area (Å²) in [6.07, 6.45) is 3.53. The first-order valence-electron chi connectivity index (χ1n) is 11.5. The maximum atomic E-state index is 14.6. The van der Waals surface area contributed by atoms with Gasteiger partial charge in [0.15, 0.2) is 0 Å². The molecule has 0 bridgehead atoms. The van der Waals surface area contributed by atoms with Crippen molar-refractivity contribution in [2.45, 2.75) is 50.2 Å². The van der Waals surface area contributed by atoms with E-state index in [-0.39, 0.29) is 17.5 Å². The van der Waals surface area contributed by atoms with Crippen molar-refractivity contribution in [3.8, 4) is 5.75 Å².